The maximum absolute atomic E-state index is 10.8. The van der Waals surface area contributed by atoms with Crippen LogP contribution in [0.4, 0.5) is 0 Å². The van der Waals surface area contributed by atoms with Crippen LogP contribution < -0.4 is 0 Å². The summed E-state index contributed by atoms with van der Waals surface area (Å²) in [6, 6.07) is 10.0. The molecule has 1 aliphatic rings. The molecular formula is C14H13NO2S. The lowest BCUT2D eigenvalue weighted by Crippen LogP contribution is -1.98. The third-order valence-corrected chi connectivity index (χ3v) is 4.43. The van der Waals surface area contributed by atoms with Crippen molar-refractivity contribution in [3.05, 3.63) is 41.6 Å². The molecule has 1 aromatic carbocycles. The van der Waals surface area contributed by atoms with Gasteiger partial charge in [-0.1, -0.05) is 31.2 Å². The van der Waals surface area contributed by atoms with Gasteiger partial charge in [-0.05, 0) is 47.0 Å². The molecule has 1 aliphatic carbocycles. The molecule has 3 rings (SSSR count). The van der Waals surface area contributed by atoms with Crippen LogP contribution >= 0.6 is 11.5 Å². The van der Waals surface area contributed by atoms with Gasteiger partial charge in [0.1, 0.15) is 0 Å². The van der Waals surface area contributed by atoms with Crippen molar-refractivity contribution in [2.45, 2.75) is 25.2 Å². The number of nitrogens with zero attached hydrogens (tertiary/aromatic N) is 1. The number of rotatable bonds is 3. The van der Waals surface area contributed by atoms with Crippen LogP contribution in [0.15, 0.2) is 30.3 Å². The van der Waals surface area contributed by atoms with Gasteiger partial charge in [-0.15, -0.1) is 0 Å². The molecule has 0 aliphatic heterocycles. The highest BCUT2D eigenvalue weighted by Crippen LogP contribution is 2.47. The first-order chi connectivity index (χ1) is 8.58. The Labute approximate surface area is 109 Å². The topological polar surface area (TPSA) is 50.2 Å². The van der Waals surface area contributed by atoms with Crippen LogP contribution in [0.3, 0.4) is 0 Å². The largest absolute Gasteiger partial charge is 0.476 e. The van der Waals surface area contributed by atoms with E-state index < -0.39 is 5.97 Å². The third-order valence-electron chi connectivity index (χ3n) is 3.60. The molecular weight excluding hydrogens is 246 g/mol. The molecule has 3 nitrogen and oxygen atoms in total. The van der Waals surface area contributed by atoms with Crippen LogP contribution in [0.2, 0.25) is 0 Å². The van der Waals surface area contributed by atoms with Gasteiger partial charge in [0.2, 0.25) is 0 Å². The molecule has 92 valence electrons. The number of carbonyl (C=O) groups is 1. The zero-order valence-electron chi connectivity index (χ0n) is 10.0. The predicted octanol–water partition coefficient (Wildman–Crippen LogP) is 3.56. The Balaban J connectivity index is 1.89. The number of hydrogen-bond acceptors (Lipinski definition) is 3. The van der Waals surface area contributed by atoms with Crippen molar-refractivity contribution in [1.29, 1.82) is 0 Å². The molecule has 1 fully saturated rings. The second kappa shape index (κ2) is 3.92. The minimum absolute atomic E-state index is 0.119. The van der Waals surface area contributed by atoms with Gasteiger partial charge in [-0.25, -0.2) is 4.79 Å². The van der Waals surface area contributed by atoms with Crippen molar-refractivity contribution in [1.82, 2.24) is 4.37 Å². The molecule has 1 N–H and O–H groups in total. The monoisotopic (exact) mass is 259 g/mol. The van der Waals surface area contributed by atoms with E-state index in [1.165, 1.54) is 29.9 Å². The van der Waals surface area contributed by atoms with Gasteiger partial charge in [0, 0.05) is 0 Å². The Bertz CT molecular complexity index is 597. The lowest BCUT2D eigenvalue weighted by molar-refractivity contribution is 0.0692. The minimum Gasteiger partial charge on any atom is -0.476 e. The molecule has 18 heavy (non-hydrogen) atoms. The molecule has 2 aromatic rings. The Morgan fingerprint density at radius 1 is 1.33 bits per heavy atom. The SMILES string of the molecule is CC1(c2ccc(-c3cc(C(=O)O)ns3)cc2)CC1. The van der Waals surface area contributed by atoms with E-state index in [0.29, 0.717) is 5.41 Å². The number of benzene rings is 1. The van der Waals surface area contributed by atoms with E-state index in [1.54, 1.807) is 6.07 Å². The van der Waals surface area contributed by atoms with Crippen molar-refractivity contribution >= 4 is 17.5 Å². The smallest absolute Gasteiger partial charge is 0.355 e. The molecule has 1 aromatic heterocycles. The second-order valence-corrected chi connectivity index (χ2v) is 5.82. The molecule has 0 unspecified atom stereocenters. The zero-order valence-corrected chi connectivity index (χ0v) is 10.8. The third kappa shape index (κ3) is 1.93. The van der Waals surface area contributed by atoms with Crippen LogP contribution in [0.1, 0.15) is 35.8 Å². The van der Waals surface area contributed by atoms with Crippen molar-refractivity contribution in [2.75, 3.05) is 0 Å². The van der Waals surface area contributed by atoms with E-state index >= 15 is 0 Å². The number of aromatic carboxylic acids is 1. The highest BCUT2D eigenvalue weighted by atomic mass is 32.1. The average molecular weight is 259 g/mol. The van der Waals surface area contributed by atoms with Gasteiger partial charge in [0.05, 0.1) is 4.88 Å². The fourth-order valence-corrected chi connectivity index (χ4v) is 2.76. The summed E-state index contributed by atoms with van der Waals surface area (Å²) in [7, 11) is 0. The van der Waals surface area contributed by atoms with Gasteiger partial charge in [0.25, 0.3) is 0 Å². The van der Waals surface area contributed by atoms with E-state index in [0.717, 1.165) is 10.4 Å². The van der Waals surface area contributed by atoms with Crippen LogP contribution in [0.5, 0.6) is 0 Å². The summed E-state index contributed by atoms with van der Waals surface area (Å²) in [4.78, 5) is 11.7. The summed E-state index contributed by atoms with van der Waals surface area (Å²) >= 11 is 1.23. The zero-order chi connectivity index (χ0) is 12.8. The summed E-state index contributed by atoms with van der Waals surface area (Å²) in [5.74, 6) is -0.973. The summed E-state index contributed by atoms with van der Waals surface area (Å²) in [5, 5.41) is 8.85. The Hall–Kier alpha value is -1.68. The fraction of sp³-hybridized carbons (Fsp3) is 0.286. The summed E-state index contributed by atoms with van der Waals surface area (Å²) in [6.45, 7) is 2.28. The Kier molecular flexibility index (Phi) is 2.48. The lowest BCUT2D eigenvalue weighted by Gasteiger charge is -2.08. The number of hydrogen-bond donors (Lipinski definition) is 1. The van der Waals surface area contributed by atoms with Crippen molar-refractivity contribution in [3.8, 4) is 10.4 Å². The quantitative estimate of drug-likeness (QED) is 0.916. The van der Waals surface area contributed by atoms with Crippen LogP contribution in [-0.4, -0.2) is 15.4 Å². The van der Waals surface area contributed by atoms with Crippen molar-refractivity contribution < 1.29 is 9.90 Å². The van der Waals surface area contributed by atoms with Gasteiger partial charge >= 0.3 is 5.97 Å². The first-order valence-electron chi connectivity index (χ1n) is 5.89. The van der Waals surface area contributed by atoms with E-state index in [-0.39, 0.29) is 5.69 Å². The van der Waals surface area contributed by atoms with E-state index in [1.807, 2.05) is 0 Å². The Morgan fingerprint density at radius 3 is 2.50 bits per heavy atom. The van der Waals surface area contributed by atoms with Gasteiger partial charge in [0.15, 0.2) is 5.69 Å². The minimum atomic E-state index is -0.973. The molecule has 1 heterocycles. The molecule has 0 spiro atoms. The first-order valence-corrected chi connectivity index (χ1v) is 6.67. The first kappa shape index (κ1) is 11.4. The number of carboxylic acid groups (broad SMARTS) is 1. The molecule has 0 atom stereocenters. The molecule has 0 radical (unpaired) electrons. The van der Waals surface area contributed by atoms with E-state index in [9.17, 15) is 4.79 Å². The molecule has 4 heteroatoms. The second-order valence-electron chi connectivity index (χ2n) is 5.02. The lowest BCUT2D eigenvalue weighted by atomic mass is 9.97. The molecule has 0 bridgehead atoms. The fourth-order valence-electron chi connectivity index (χ4n) is 2.03. The normalized spacial score (nSPS) is 16.5. The average Bonchev–Trinajstić information content (AvgIpc) is 2.95. The van der Waals surface area contributed by atoms with E-state index in [2.05, 4.69) is 35.6 Å². The maximum Gasteiger partial charge on any atom is 0.355 e. The van der Waals surface area contributed by atoms with Gasteiger partial charge < -0.3 is 5.11 Å². The van der Waals surface area contributed by atoms with Gasteiger partial charge in [-0.3, -0.25) is 0 Å². The van der Waals surface area contributed by atoms with Crippen LogP contribution in [0.25, 0.3) is 10.4 Å². The van der Waals surface area contributed by atoms with E-state index in [4.69, 9.17) is 5.11 Å². The molecule has 0 amide bonds. The highest BCUT2D eigenvalue weighted by molar-refractivity contribution is 7.09. The van der Waals surface area contributed by atoms with Gasteiger partial charge in [-0.2, -0.15) is 4.37 Å². The summed E-state index contributed by atoms with van der Waals surface area (Å²) in [5.41, 5.74) is 2.90. The van der Waals surface area contributed by atoms with Crippen molar-refractivity contribution in [3.63, 3.8) is 0 Å². The molecule has 0 saturated heterocycles. The van der Waals surface area contributed by atoms with Crippen LogP contribution in [-0.2, 0) is 5.41 Å². The number of carboxylic acids is 1. The number of aromatic nitrogens is 1. The van der Waals surface area contributed by atoms with Crippen molar-refractivity contribution in [2.24, 2.45) is 0 Å². The highest BCUT2D eigenvalue weighted by Gasteiger charge is 2.38. The summed E-state index contributed by atoms with van der Waals surface area (Å²) in [6.07, 6.45) is 2.52. The maximum atomic E-state index is 10.8. The van der Waals surface area contributed by atoms with Crippen LogP contribution in [0, 0.1) is 0 Å². The predicted molar refractivity (Wildman–Crippen MR) is 71.1 cm³/mol. The standard InChI is InChI=1S/C14H13NO2S/c1-14(6-7-14)10-4-2-9(3-5-10)12-8-11(13(16)17)15-18-12/h2-5,8H,6-7H2,1H3,(H,16,17). The molecule has 1 saturated carbocycles. The summed E-state index contributed by atoms with van der Waals surface area (Å²) < 4.78 is 3.92. The Morgan fingerprint density at radius 2 is 2.00 bits per heavy atom.